The Morgan fingerprint density at radius 1 is 1.18 bits per heavy atom. The summed E-state index contributed by atoms with van der Waals surface area (Å²) < 4.78 is 0. The predicted molar refractivity (Wildman–Crippen MR) is 70.2 cm³/mol. The first-order valence-electron chi connectivity index (χ1n) is 7.05. The van der Waals surface area contributed by atoms with Gasteiger partial charge in [-0.05, 0) is 45.3 Å². The third kappa shape index (κ3) is 4.21. The molecule has 0 bridgehead atoms. The third-order valence-electron chi connectivity index (χ3n) is 4.21. The molecule has 2 fully saturated rings. The fourth-order valence-corrected chi connectivity index (χ4v) is 2.87. The first-order chi connectivity index (χ1) is 8.25. The lowest BCUT2D eigenvalue weighted by molar-refractivity contribution is 0.0412. The summed E-state index contributed by atoms with van der Waals surface area (Å²) in [6.07, 6.45) is 3.40. The van der Waals surface area contributed by atoms with Gasteiger partial charge in [-0.3, -0.25) is 4.90 Å². The average molecular weight is 241 g/mol. The third-order valence-corrected chi connectivity index (χ3v) is 4.21. The fourth-order valence-electron chi connectivity index (χ4n) is 2.87. The molecule has 2 N–H and O–H groups in total. The molecule has 0 spiro atoms. The van der Waals surface area contributed by atoms with Crippen LogP contribution in [0.4, 0.5) is 0 Å². The lowest BCUT2D eigenvalue weighted by atomic mass is 9.94. The van der Waals surface area contributed by atoms with Crippen LogP contribution in [0.2, 0.25) is 0 Å². The number of rotatable bonds is 3. The Balaban J connectivity index is 1.73. The van der Waals surface area contributed by atoms with Crippen molar-refractivity contribution >= 4 is 0 Å². The van der Waals surface area contributed by atoms with Crippen LogP contribution in [0.1, 0.15) is 19.3 Å². The lowest BCUT2D eigenvalue weighted by Crippen LogP contribution is -2.48. The van der Waals surface area contributed by atoms with Crippen LogP contribution < -0.4 is 5.32 Å². The zero-order chi connectivity index (χ0) is 12.1. The first-order valence-corrected chi connectivity index (χ1v) is 7.05. The van der Waals surface area contributed by atoms with Crippen LogP contribution >= 0.6 is 0 Å². The van der Waals surface area contributed by atoms with Gasteiger partial charge in [0.25, 0.3) is 0 Å². The molecule has 2 rings (SSSR count). The van der Waals surface area contributed by atoms with Crippen LogP contribution in [0.25, 0.3) is 0 Å². The standard InChI is InChI=1S/C13H27N3O/c1-15-7-9-16(10-8-15)11-13(17)12-3-2-5-14-6-4-12/h12-14,17H,2-11H2,1H3. The molecule has 0 aromatic carbocycles. The van der Waals surface area contributed by atoms with E-state index in [1.54, 1.807) is 0 Å². The van der Waals surface area contributed by atoms with E-state index >= 15 is 0 Å². The maximum atomic E-state index is 10.3. The molecule has 2 unspecified atom stereocenters. The van der Waals surface area contributed by atoms with Gasteiger partial charge in [-0.1, -0.05) is 0 Å². The summed E-state index contributed by atoms with van der Waals surface area (Å²) in [6, 6.07) is 0. The topological polar surface area (TPSA) is 38.7 Å². The number of nitrogens with zero attached hydrogens (tertiary/aromatic N) is 2. The van der Waals surface area contributed by atoms with Crippen molar-refractivity contribution < 1.29 is 5.11 Å². The van der Waals surface area contributed by atoms with Gasteiger partial charge in [0.05, 0.1) is 6.10 Å². The Kier molecular flexibility index (Phi) is 5.22. The maximum Gasteiger partial charge on any atom is 0.0695 e. The van der Waals surface area contributed by atoms with Gasteiger partial charge in [-0.25, -0.2) is 0 Å². The number of likely N-dealkylation sites (N-methyl/N-ethyl adjacent to an activating group) is 1. The van der Waals surface area contributed by atoms with E-state index in [1.807, 2.05) is 0 Å². The molecular formula is C13H27N3O. The maximum absolute atomic E-state index is 10.3. The summed E-state index contributed by atoms with van der Waals surface area (Å²) in [4.78, 5) is 4.78. The molecule has 2 atom stereocenters. The second-order valence-corrected chi connectivity index (χ2v) is 5.61. The number of hydrogen-bond acceptors (Lipinski definition) is 4. The highest BCUT2D eigenvalue weighted by Gasteiger charge is 2.24. The Hall–Kier alpha value is -0.160. The second kappa shape index (κ2) is 6.69. The molecule has 100 valence electrons. The summed E-state index contributed by atoms with van der Waals surface area (Å²) >= 11 is 0. The van der Waals surface area contributed by atoms with Crippen molar-refractivity contribution in [2.45, 2.75) is 25.4 Å². The Bertz CT molecular complexity index is 209. The molecule has 17 heavy (non-hydrogen) atoms. The van der Waals surface area contributed by atoms with E-state index in [0.717, 1.165) is 52.2 Å². The van der Waals surface area contributed by atoms with Gasteiger partial charge in [-0.15, -0.1) is 0 Å². The van der Waals surface area contributed by atoms with Crippen LogP contribution in [0, 0.1) is 5.92 Å². The molecule has 2 aliphatic heterocycles. The summed E-state index contributed by atoms with van der Waals surface area (Å²) in [7, 11) is 2.17. The van der Waals surface area contributed by atoms with E-state index in [4.69, 9.17) is 0 Å². The molecule has 2 saturated heterocycles. The van der Waals surface area contributed by atoms with Crippen molar-refractivity contribution in [1.82, 2.24) is 15.1 Å². The molecule has 0 amide bonds. The summed E-state index contributed by atoms with van der Waals surface area (Å²) in [5, 5.41) is 13.7. The number of β-amino-alcohol motifs (C(OH)–C–C–N with tert-alkyl or cyclic N) is 1. The van der Waals surface area contributed by atoms with Crippen LogP contribution in [0.3, 0.4) is 0 Å². The zero-order valence-corrected chi connectivity index (χ0v) is 11.1. The Morgan fingerprint density at radius 2 is 1.94 bits per heavy atom. The quantitative estimate of drug-likeness (QED) is 0.729. The number of hydrogen-bond donors (Lipinski definition) is 2. The van der Waals surface area contributed by atoms with Gasteiger partial charge in [-0.2, -0.15) is 0 Å². The number of piperazine rings is 1. The van der Waals surface area contributed by atoms with E-state index in [1.165, 1.54) is 12.8 Å². The van der Waals surface area contributed by atoms with E-state index in [9.17, 15) is 5.11 Å². The van der Waals surface area contributed by atoms with Gasteiger partial charge < -0.3 is 15.3 Å². The molecule has 4 heteroatoms. The predicted octanol–water partition coefficient (Wildman–Crippen LogP) is -0.0156. The normalized spacial score (nSPS) is 31.1. The fraction of sp³-hybridized carbons (Fsp3) is 1.00. The number of aliphatic hydroxyl groups is 1. The summed E-state index contributed by atoms with van der Waals surface area (Å²) in [5.74, 6) is 0.504. The van der Waals surface area contributed by atoms with Crippen molar-refractivity contribution in [2.75, 3.05) is 52.9 Å². The van der Waals surface area contributed by atoms with Crippen LogP contribution in [0.15, 0.2) is 0 Å². The summed E-state index contributed by atoms with van der Waals surface area (Å²) in [6.45, 7) is 7.57. The molecule has 4 nitrogen and oxygen atoms in total. The second-order valence-electron chi connectivity index (χ2n) is 5.61. The first kappa shape index (κ1) is 13.3. The monoisotopic (exact) mass is 241 g/mol. The molecule has 0 aliphatic carbocycles. The molecule has 0 radical (unpaired) electrons. The van der Waals surface area contributed by atoms with Gasteiger partial charge in [0.15, 0.2) is 0 Å². The minimum Gasteiger partial charge on any atom is -0.392 e. The zero-order valence-electron chi connectivity index (χ0n) is 11.1. The molecule has 0 aromatic heterocycles. The van der Waals surface area contributed by atoms with Gasteiger partial charge in [0, 0.05) is 32.7 Å². The van der Waals surface area contributed by atoms with Crippen LogP contribution in [-0.2, 0) is 0 Å². The van der Waals surface area contributed by atoms with Crippen molar-refractivity contribution in [2.24, 2.45) is 5.92 Å². The van der Waals surface area contributed by atoms with Gasteiger partial charge in [0.2, 0.25) is 0 Å². The summed E-state index contributed by atoms with van der Waals surface area (Å²) in [5.41, 5.74) is 0. The minimum atomic E-state index is -0.127. The number of aliphatic hydroxyl groups excluding tert-OH is 1. The minimum absolute atomic E-state index is 0.127. The highest BCUT2D eigenvalue weighted by molar-refractivity contribution is 4.78. The molecule has 0 aromatic rings. The van der Waals surface area contributed by atoms with Gasteiger partial charge in [0.1, 0.15) is 0 Å². The highest BCUT2D eigenvalue weighted by atomic mass is 16.3. The SMILES string of the molecule is CN1CCN(CC(O)C2CCCNCC2)CC1. The lowest BCUT2D eigenvalue weighted by Gasteiger charge is -2.35. The largest absolute Gasteiger partial charge is 0.392 e. The van der Waals surface area contributed by atoms with E-state index in [-0.39, 0.29) is 6.10 Å². The van der Waals surface area contributed by atoms with E-state index < -0.39 is 0 Å². The van der Waals surface area contributed by atoms with Gasteiger partial charge >= 0.3 is 0 Å². The van der Waals surface area contributed by atoms with E-state index in [0.29, 0.717) is 5.92 Å². The van der Waals surface area contributed by atoms with Crippen molar-refractivity contribution in [1.29, 1.82) is 0 Å². The van der Waals surface area contributed by atoms with E-state index in [2.05, 4.69) is 22.2 Å². The van der Waals surface area contributed by atoms with Crippen LogP contribution in [-0.4, -0.2) is 73.9 Å². The molecule has 0 saturated carbocycles. The average Bonchev–Trinajstić information content (AvgIpc) is 2.61. The van der Waals surface area contributed by atoms with Crippen LogP contribution in [0.5, 0.6) is 0 Å². The smallest absolute Gasteiger partial charge is 0.0695 e. The highest BCUT2D eigenvalue weighted by Crippen LogP contribution is 2.19. The number of nitrogens with one attached hydrogen (secondary N) is 1. The van der Waals surface area contributed by atoms with Crippen molar-refractivity contribution in [3.05, 3.63) is 0 Å². The Morgan fingerprint density at radius 3 is 2.71 bits per heavy atom. The molecular weight excluding hydrogens is 214 g/mol. The van der Waals surface area contributed by atoms with Crippen molar-refractivity contribution in [3.8, 4) is 0 Å². The molecule has 2 aliphatic rings. The van der Waals surface area contributed by atoms with Crippen molar-refractivity contribution in [3.63, 3.8) is 0 Å². The Labute approximate surface area is 105 Å². The molecule has 2 heterocycles.